The molecule has 0 radical (unpaired) electrons. The van der Waals surface area contributed by atoms with Crippen LogP contribution >= 0.6 is 0 Å². The molecule has 0 aromatic rings. The summed E-state index contributed by atoms with van der Waals surface area (Å²) in [6, 6.07) is 0. The number of hydrogen-bond acceptors (Lipinski definition) is 3. The third-order valence-corrected chi connectivity index (χ3v) is 2.82. The van der Waals surface area contributed by atoms with Crippen molar-refractivity contribution in [3.63, 3.8) is 0 Å². The lowest BCUT2D eigenvalue weighted by Crippen LogP contribution is -2.44. The van der Waals surface area contributed by atoms with E-state index in [2.05, 4.69) is 0 Å². The molecule has 1 rings (SSSR count). The maximum Gasteiger partial charge on any atom is 0.307 e. The number of piperidine rings is 1. The first-order valence-electron chi connectivity index (χ1n) is 5.62. The number of aliphatic carboxylic acids is 1. The number of rotatable bonds is 4. The first-order valence-corrected chi connectivity index (χ1v) is 5.62. The summed E-state index contributed by atoms with van der Waals surface area (Å²) in [5, 5.41) is 8.77. The van der Waals surface area contributed by atoms with E-state index in [1.165, 1.54) is 4.90 Å². The first kappa shape index (κ1) is 12.7. The number of carbonyl (C=O) groups excluding carboxylic acids is 2. The summed E-state index contributed by atoms with van der Waals surface area (Å²) in [6.45, 7) is 2.23. The van der Waals surface area contributed by atoms with E-state index >= 15 is 0 Å². The van der Waals surface area contributed by atoms with Crippen LogP contribution in [0.2, 0.25) is 0 Å². The van der Waals surface area contributed by atoms with Crippen molar-refractivity contribution in [2.75, 3.05) is 6.54 Å². The fourth-order valence-electron chi connectivity index (χ4n) is 1.77. The molecule has 1 N–H and O–H groups in total. The van der Waals surface area contributed by atoms with Crippen LogP contribution in [0.1, 0.15) is 39.0 Å². The second-order valence-corrected chi connectivity index (χ2v) is 4.07. The average Bonchev–Trinajstić information content (AvgIpc) is 2.25. The van der Waals surface area contributed by atoms with Gasteiger partial charge in [0.2, 0.25) is 11.8 Å². The molecule has 0 aromatic heterocycles. The molecule has 1 unspecified atom stereocenters. The Morgan fingerprint density at radius 3 is 2.69 bits per heavy atom. The second kappa shape index (κ2) is 5.63. The van der Waals surface area contributed by atoms with E-state index in [0.29, 0.717) is 12.8 Å². The van der Waals surface area contributed by atoms with Gasteiger partial charge in [0, 0.05) is 19.4 Å². The van der Waals surface area contributed by atoms with Crippen LogP contribution in [0.3, 0.4) is 0 Å². The fraction of sp³-hybridized carbons (Fsp3) is 0.727. The van der Waals surface area contributed by atoms with E-state index in [1.54, 1.807) is 0 Å². The summed E-state index contributed by atoms with van der Waals surface area (Å²) < 4.78 is 0. The van der Waals surface area contributed by atoms with Crippen LogP contribution in [0.25, 0.3) is 0 Å². The zero-order valence-corrected chi connectivity index (χ0v) is 9.44. The predicted molar refractivity (Wildman–Crippen MR) is 56.6 cm³/mol. The van der Waals surface area contributed by atoms with E-state index in [9.17, 15) is 14.4 Å². The Hall–Kier alpha value is -1.39. The summed E-state index contributed by atoms with van der Waals surface area (Å²) >= 11 is 0. The van der Waals surface area contributed by atoms with E-state index in [-0.39, 0.29) is 24.8 Å². The van der Waals surface area contributed by atoms with Crippen molar-refractivity contribution in [2.45, 2.75) is 39.0 Å². The summed E-state index contributed by atoms with van der Waals surface area (Å²) in [5.41, 5.74) is 0. The lowest BCUT2D eigenvalue weighted by molar-refractivity contribution is -0.154. The third kappa shape index (κ3) is 3.05. The highest BCUT2D eigenvalue weighted by Crippen LogP contribution is 2.19. The zero-order chi connectivity index (χ0) is 12.1. The number of hydrogen-bond donors (Lipinski definition) is 1. The van der Waals surface area contributed by atoms with Gasteiger partial charge < -0.3 is 5.11 Å². The van der Waals surface area contributed by atoms with Crippen LogP contribution in [0, 0.1) is 5.92 Å². The van der Waals surface area contributed by atoms with Crippen molar-refractivity contribution in [1.82, 2.24) is 4.90 Å². The number of carboxylic acids is 1. The largest absolute Gasteiger partial charge is 0.481 e. The Balaban J connectivity index is 2.50. The Kier molecular flexibility index (Phi) is 4.46. The second-order valence-electron chi connectivity index (χ2n) is 4.07. The number of imide groups is 1. The van der Waals surface area contributed by atoms with E-state index in [0.717, 1.165) is 12.8 Å². The minimum atomic E-state index is -0.950. The molecule has 90 valence electrons. The quantitative estimate of drug-likeness (QED) is 0.778. The maximum atomic E-state index is 11.6. The molecule has 0 aliphatic carbocycles. The third-order valence-electron chi connectivity index (χ3n) is 2.82. The minimum absolute atomic E-state index is 0.0484. The standard InChI is InChI=1S/C11H17NO4/c1-2-3-4-9(13)12-6-5-8(11(15)16)7-10(12)14/h8H,2-7H2,1H3,(H,15,16). The van der Waals surface area contributed by atoms with Gasteiger partial charge in [-0.2, -0.15) is 0 Å². The molecule has 0 aromatic carbocycles. The highest BCUT2D eigenvalue weighted by Gasteiger charge is 2.32. The smallest absolute Gasteiger partial charge is 0.307 e. The van der Waals surface area contributed by atoms with Crippen molar-refractivity contribution in [3.05, 3.63) is 0 Å². The Bertz CT molecular complexity index is 300. The summed E-state index contributed by atoms with van der Waals surface area (Å²) in [7, 11) is 0. The van der Waals surface area contributed by atoms with Gasteiger partial charge in [0.1, 0.15) is 0 Å². The molecule has 1 saturated heterocycles. The van der Waals surface area contributed by atoms with Gasteiger partial charge in [0.25, 0.3) is 0 Å². The SMILES string of the molecule is CCCCC(=O)N1CCC(C(=O)O)CC1=O. The molecule has 1 fully saturated rings. The molecule has 5 nitrogen and oxygen atoms in total. The van der Waals surface area contributed by atoms with Crippen LogP contribution in [0.4, 0.5) is 0 Å². The maximum absolute atomic E-state index is 11.6. The number of nitrogens with zero attached hydrogens (tertiary/aromatic N) is 1. The van der Waals surface area contributed by atoms with Crippen molar-refractivity contribution in [1.29, 1.82) is 0 Å². The topological polar surface area (TPSA) is 74.7 Å². The van der Waals surface area contributed by atoms with E-state index < -0.39 is 11.9 Å². The summed E-state index contributed by atoms with van der Waals surface area (Å²) in [4.78, 5) is 35.1. The summed E-state index contributed by atoms with van der Waals surface area (Å²) in [6.07, 6.45) is 2.38. The fourth-order valence-corrected chi connectivity index (χ4v) is 1.77. The Morgan fingerprint density at radius 1 is 1.50 bits per heavy atom. The number of carbonyl (C=O) groups is 3. The molecule has 16 heavy (non-hydrogen) atoms. The summed E-state index contributed by atoms with van der Waals surface area (Å²) in [5.74, 6) is -2.09. The molecular formula is C11H17NO4. The molecule has 1 aliphatic heterocycles. The highest BCUT2D eigenvalue weighted by atomic mass is 16.4. The average molecular weight is 227 g/mol. The van der Waals surface area contributed by atoms with E-state index in [4.69, 9.17) is 5.11 Å². The van der Waals surface area contributed by atoms with Gasteiger partial charge in [-0.1, -0.05) is 13.3 Å². The van der Waals surface area contributed by atoms with Crippen LogP contribution < -0.4 is 0 Å². The monoisotopic (exact) mass is 227 g/mol. The molecule has 5 heteroatoms. The molecule has 0 saturated carbocycles. The van der Waals surface area contributed by atoms with Gasteiger partial charge >= 0.3 is 5.97 Å². The highest BCUT2D eigenvalue weighted by molar-refractivity contribution is 5.97. The first-order chi connectivity index (χ1) is 7.56. The number of unbranched alkanes of at least 4 members (excludes halogenated alkanes) is 1. The molecule has 0 bridgehead atoms. The van der Waals surface area contributed by atoms with Crippen LogP contribution in [-0.4, -0.2) is 34.3 Å². The molecular weight excluding hydrogens is 210 g/mol. The molecule has 2 amide bonds. The lowest BCUT2D eigenvalue weighted by atomic mass is 9.96. The predicted octanol–water partition coefficient (Wildman–Crippen LogP) is 1.03. The van der Waals surface area contributed by atoms with Gasteiger partial charge in [0.05, 0.1) is 5.92 Å². The normalized spacial score (nSPS) is 20.9. The Labute approximate surface area is 94.4 Å². The Morgan fingerprint density at radius 2 is 2.19 bits per heavy atom. The molecule has 0 spiro atoms. The van der Waals surface area contributed by atoms with Crippen LogP contribution in [-0.2, 0) is 14.4 Å². The van der Waals surface area contributed by atoms with Gasteiger partial charge in [-0.05, 0) is 12.8 Å². The van der Waals surface area contributed by atoms with Gasteiger partial charge in [-0.15, -0.1) is 0 Å². The van der Waals surface area contributed by atoms with Gasteiger partial charge in [-0.25, -0.2) is 0 Å². The van der Waals surface area contributed by atoms with Crippen molar-refractivity contribution in [3.8, 4) is 0 Å². The minimum Gasteiger partial charge on any atom is -0.481 e. The van der Waals surface area contributed by atoms with Gasteiger partial charge in [-0.3, -0.25) is 19.3 Å². The van der Waals surface area contributed by atoms with Crippen molar-refractivity contribution < 1.29 is 19.5 Å². The van der Waals surface area contributed by atoms with Crippen LogP contribution in [0.15, 0.2) is 0 Å². The van der Waals surface area contributed by atoms with Crippen molar-refractivity contribution >= 4 is 17.8 Å². The van der Waals surface area contributed by atoms with Crippen molar-refractivity contribution in [2.24, 2.45) is 5.92 Å². The molecule has 1 heterocycles. The van der Waals surface area contributed by atoms with Gasteiger partial charge in [0.15, 0.2) is 0 Å². The number of likely N-dealkylation sites (tertiary alicyclic amines) is 1. The molecule has 1 aliphatic rings. The molecule has 1 atom stereocenters. The van der Waals surface area contributed by atoms with E-state index in [1.807, 2.05) is 6.92 Å². The number of carboxylic acid groups (broad SMARTS) is 1. The zero-order valence-electron chi connectivity index (χ0n) is 9.44. The number of amides is 2. The lowest BCUT2D eigenvalue weighted by Gasteiger charge is -2.28. The van der Waals surface area contributed by atoms with Crippen LogP contribution in [0.5, 0.6) is 0 Å².